The first-order valence-electron chi connectivity index (χ1n) is 9.93. The van der Waals surface area contributed by atoms with E-state index in [0.717, 1.165) is 12.8 Å². The fourth-order valence-corrected chi connectivity index (χ4v) is 2.86. The summed E-state index contributed by atoms with van der Waals surface area (Å²) in [4.78, 5) is 20.6. The first kappa shape index (κ1) is 22.1. The van der Waals surface area contributed by atoms with Crippen molar-refractivity contribution in [1.82, 2.24) is 0 Å². The molecule has 0 spiro atoms. The van der Waals surface area contributed by atoms with E-state index in [1.165, 1.54) is 89.9 Å². The molecule has 0 fully saturated rings. The highest BCUT2D eigenvalue weighted by atomic mass is 16.5. The zero-order valence-corrected chi connectivity index (χ0v) is 15.3. The van der Waals surface area contributed by atoms with Gasteiger partial charge in [-0.15, -0.1) is 0 Å². The van der Waals surface area contributed by atoms with Gasteiger partial charge in [0.25, 0.3) is 0 Å². The third-order valence-corrected chi connectivity index (χ3v) is 4.34. The number of aldehydes is 1. The Kier molecular flexibility index (Phi) is 18.5. The first-order chi connectivity index (χ1) is 11.3. The number of unbranched alkanes of at least 4 members (excludes halogenated alkanes) is 15. The van der Waals surface area contributed by atoms with Crippen LogP contribution in [0.15, 0.2) is 0 Å². The smallest absolute Gasteiger partial charge is 0.371 e. The summed E-state index contributed by atoms with van der Waals surface area (Å²) in [5, 5.41) is 0. The van der Waals surface area contributed by atoms with Gasteiger partial charge in [0.1, 0.15) is 0 Å². The second-order valence-electron chi connectivity index (χ2n) is 6.59. The Labute approximate surface area is 143 Å². The van der Waals surface area contributed by atoms with Crippen LogP contribution in [0.25, 0.3) is 0 Å². The molecule has 23 heavy (non-hydrogen) atoms. The largest absolute Gasteiger partial charge is 0.460 e. The lowest BCUT2D eigenvalue weighted by Crippen LogP contribution is -2.06. The van der Waals surface area contributed by atoms with Gasteiger partial charge in [-0.25, -0.2) is 4.79 Å². The third kappa shape index (κ3) is 19.1. The maximum atomic E-state index is 10.6. The van der Waals surface area contributed by atoms with Gasteiger partial charge in [-0.3, -0.25) is 4.79 Å². The molecular weight excluding hydrogens is 288 g/mol. The highest BCUT2D eigenvalue weighted by Crippen LogP contribution is 2.13. The fourth-order valence-electron chi connectivity index (χ4n) is 2.86. The predicted molar refractivity (Wildman–Crippen MR) is 96.6 cm³/mol. The summed E-state index contributed by atoms with van der Waals surface area (Å²) < 4.78 is 4.70. The van der Waals surface area contributed by atoms with Gasteiger partial charge in [0.15, 0.2) is 0 Å². The molecule has 0 atom stereocenters. The Bertz CT molecular complexity index is 264. The fraction of sp³-hybridized carbons (Fsp3) is 0.900. The lowest BCUT2D eigenvalue weighted by Gasteiger charge is -2.03. The zero-order valence-electron chi connectivity index (χ0n) is 15.3. The first-order valence-corrected chi connectivity index (χ1v) is 9.93. The van der Waals surface area contributed by atoms with Crippen molar-refractivity contribution in [3.05, 3.63) is 0 Å². The van der Waals surface area contributed by atoms with Crippen molar-refractivity contribution in [3.8, 4) is 0 Å². The van der Waals surface area contributed by atoms with Crippen molar-refractivity contribution in [3.63, 3.8) is 0 Å². The van der Waals surface area contributed by atoms with Crippen LogP contribution in [-0.4, -0.2) is 18.9 Å². The van der Waals surface area contributed by atoms with E-state index in [4.69, 9.17) is 4.74 Å². The van der Waals surface area contributed by atoms with E-state index < -0.39 is 5.97 Å². The zero-order chi connectivity index (χ0) is 17.0. The van der Waals surface area contributed by atoms with Crippen molar-refractivity contribution in [1.29, 1.82) is 0 Å². The number of ether oxygens (including phenoxy) is 1. The number of esters is 1. The molecule has 0 amide bonds. The third-order valence-electron chi connectivity index (χ3n) is 4.34. The van der Waals surface area contributed by atoms with Crippen LogP contribution in [0.1, 0.15) is 110 Å². The second kappa shape index (κ2) is 19.2. The van der Waals surface area contributed by atoms with Gasteiger partial charge in [0.2, 0.25) is 6.29 Å². The van der Waals surface area contributed by atoms with E-state index in [-0.39, 0.29) is 6.29 Å². The van der Waals surface area contributed by atoms with Crippen LogP contribution in [0.3, 0.4) is 0 Å². The highest BCUT2D eigenvalue weighted by Gasteiger charge is 1.98. The van der Waals surface area contributed by atoms with Crippen molar-refractivity contribution < 1.29 is 14.3 Å². The molecule has 136 valence electrons. The van der Waals surface area contributed by atoms with Crippen molar-refractivity contribution >= 4 is 12.3 Å². The minimum atomic E-state index is -0.744. The van der Waals surface area contributed by atoms with E-state index in [2.05, 4.69) is 6.92 Å². The van der Waals surface area contributed by atoms with E-state index in [1.807, 2.05) is 0 Å². The summed E-state index contributed by atoms with van der Waals surface area (Å²) in [7, 11) is 0. The molecule has 0 aromatic heterocycles. The van der Waals surface area contributed by atoms with Gasteiger partial charge in [0, 0.05) is 0 Å². The van der Waals surface area contributed by atoms with Crippen LogP contribution < -0.4 is 0 Å². The number of hydrogen-bond acceptors (Lipinski definition) is 3. The Hall–Kier alpha value is -0.860. The van der Waals surface area contributed by atoms with Gasteiger partial charge in [-0.05, 0) is 6.42 Å². The van der Waals surface area contributed by atoms with Gasteiger partial charge < -0.3 is 4.74 Å². The van der Waals surface area contributed by atoms with Gasteiger partial charge >= 0.3 is 5.97 Å². The lowest BCUT2D eigenvalue weighted by atomic mass is 10.0. The van der Waals surface area contributed by atoms with Crippen LogP contribution in [0, 0.1) is 0 Å². The van der Waals surface area contributed by atoms with E-state index in [1.54, 1.807) is 0 Å². The van der Waals surface area contributed by atoms with Crippen LogP contribution in [0.5, 0.6) is 0 Å². The minimum absolute atomic E-state index is 0.229. The van der Waals surface area contributed by atoms with E-state index in [9.17, 15) is 9.59 Å². The average Bonchev–Trinajstić information content (AvgIpc) is 2.57. The summed E-state index contributed by atoms with van der Waals surface area (Å²) in [6.45, 7) is 2.66. The number of hydrogen-bond donors (Lipinski definition) is 0. The molecule has 0 aliphatic heterocycles. The molecule has 3 heteroatoms. The monoisotopic (exact) mass is 326 g/mol. The van der Waals surface area contributed by atoms with Gasteiger partial charge in [-0.2, -0.15) is 0 Å². The van der Waals surface area contributed by atoms with E-state index >= 15 is 0 Å². The summed E-state index contributed by atoms with van der Waals surface area (Å²) in [5.74, 6) is -0.744. The summed E-state index contributed by atoms with van der Waals surface area (Å²) >= 11 is 0. The molecule has 0 radical (unpaired) electrons. The Balaban J connectivity index is 3.00. The maximum absolute atomic E-state index is 10.6. The summed E-state index contributed by atoms with van der Waals surface area (Å²) in [6, 6.07) is 0. The molecule has 0 aromatic rings. The molecule has 0 bridgehead atoms. The standard InChI is InChI=1S/C20H38O3/c1-2-3-4-5-6-7-8-9-10-11-12-13-14-15-16-17-18-23-20(22)19-21/h19H,2-18H2,1H3. The van der Waals surface area contributed by atoms with E-state index in [0.29, 0.717) is 6.61 Å². The summed E-state index contributed by atoms with van der Waals surface area (Å²) in [6.07, 6.45) is 21.4. The molecule has 0 aliphatic carbocycles. The lowest BCUT2D eigenvalue weighted by molar-refractivity contribution is -0.148. The number of carbonyl (C=O) groups is 2. The Morgan fingerprint density at radius 1 is 0.652 bits per heavy atom. The Morgan fingerprint density at radius 3 is 1.35 bits per heavy atom. The quantitative estimate of drug-likeness (QED) is 0.134. The SMILES string of the molecule is CCCCCCCCCCCCCCCCCCOC(=O)C=O. The molecule has 3 nitrogen and oxygen atoms in total. The normalized spacial score (nSPS) is 10.7. The second-order valence-corrected chi connectivity index (χ2v) is 6.59. The molecule has 0 heterocycles. The molecule has 0 N–H and O–H groups in total. The van der Waals surface area contributed by atoms with Gasteiger partial charge in [-0.1, -0.05) is 103 Å². The molecule has 0 saturated carbocycles. The van der Waals surface area contributed by atoms with Crippen molar-refractivity contribution in [2.75, 3.05) is 6.61 Å². The van der Waals surface area contributed by atoms with Crippen molar-refractivity contribution in [2.45, 2.75) is 110 Å². The molecule has 0 unspecified atom stereocenters. The molecule has 0 rings (SSSR count). The maximum Gasteiger partial charge on any atom is 0.371 e. The van der Waals surface area contributed by atoms with Gasteiger partial charge in [0.05, 0.1) is 6.61 Å². The molecule has 0 aliphatic rings. The average molecular weight is 327 g/mol. The number of carbonyl (C=O) groups excluding carboxylic acids is 2. The van der Waals surface area contributed by atoms with Crippen LogP contribution >= 0.6 is 0 Å². The topological polar surface area (TPSA) is 43.4 Å². The van der Waals surface area contributed by atoms with Crippen molar-refractivity contribution in [2.24, 2.45) is 0 Å². The molecule has 0 saturated heterocycles. The predicted octanol–water partition coefficient (Wildman–Crippen LogP) is 5.99. The highest BCUT2D eigenvalue weighted by molar-refractivity contribution is 6.20. The number of rotatable bonds is 18. The van der Waals surface area contributed by atoms with Crippen LogP contribution in [0.4, 0.5) is 0 Å². The minimum Gasteiger partial charge on any atom is -0.460 e. The Morgan fingerprint density at radius 2 is 1.00 bits per heavy atom. The van der Waals surface area contributed by atoms with Crippen LogP contribution in [0.2, 0.25) is 0 Å². The molecule has 0 aromatic carbocycles. The van der Waals surface area contributed by atoms with Crippen LogP contribution in [-0.2, 0) is 14.3 Å². The summed E-state index contributed by atoms with van der Waals surface area (Å²) in [5.41, 5.74) is 0. The molecular formula is C20H38O3.